The Labute approximate surface area is 155 Å². The van der Waals surface area contributed by atoms with Crippen LogP contribution in [0.15, 0.2) is 30.3 Å². The van der Waals surface area contributed by atoms with Crippen molar-refractivity contribution in [3.05, 3.63) is 35.9 Å². The molecule has 2 aliphatic heterocycles. The molecule has 6 heteroatoms. The Morgan fingerprint density at radius 1 is 1.04 bits per heavy atom. The summed E-state index contributed by atoms with van der Waals surface area (Å²) in [7, 11) is 0. The zero-order valence-electron chi connectivity index (χ0n) is 15.3. The molecule has 1 aromatic rings. The van der Waals surface area contributed by atoms with E-state index in [1.807, 2.05) is 18.2 Å². The summed E-state index contributed by atoms with van der Waals surface area (Å²) >= 11 is 0. The Bertz CT molecular complexity index is 608. The first-order valence-electron chi connectivity index (χ1n) is 9.62. The topological polar surface area (TPSA) is 64.1 Å². The molecule has 0 bridgehead atoms. The number of benzene rings is 1. The van der Waals surface area contributed by atoms with E-state index < -0.39 is 6.10 Å². The van der Waals surface area contributed by atoms with Gasteiger partial charge in [-0.25, -0.2) is 0 Å². The van der Waals surface area contributed by atoms with Crippen LogP contribution in [0.25, 0.3) is 0 Å². The van der Waals surface area contributed by atoms with Crippen LogP contribution in [0, 0.1) is 0 Å². The Kier molecular flexibility index (Phi) is 6.63. The van der Waals surface area contributed by atoms with Gasteiger partial charge in [-0.3, -0.25) is 14.5 Å². The van der Waals surface area contributed by atoms with Crippen molar-refractivity contribution in [2.75, 3.05) is 39.3 Å². The largest absolute Gasteiger partial charge is 0.390 e. The Hall–Kier alpha value is -1.92. The Morgan fingerprint density at radius 2 is 1.85 bits per heavy atom. The highest BCUT2D eigenvalue weighted by atomic mass is 16.3. The third kappa shape index (κ3) is 5.29. The molecule has 6 nitrogen and oxygen atoms in total. The minimum atomic E-state index is -0.565. The molecule has 26 heavy (non-hydrogen) atoms. The van der Waals surface area contributed by atoms with Crippen molar-refractivity contribution in [3.8, 4) is 0 Å². The number of carbonyl (C=O) groups excluding carboxylic acids is 2. The fourth-order valence-electron chi connectivity index (χ4n) is 3.74. The van der Waals surface area contributed by atoms with Gasteiger partial charge in [0.15, 0.2) is 0 Å². The number of carbonyl (C=O) groups is 2. The molecule has 0 saturated carbocycles. The van der Waals surface area contributed by atoms with E-state index in [9.17, 15) is 14.7 Å². The van der Waals surface area contributed by atoms with Gasteiger partial charge in [-0.15, -0.1) is 0 Å². The van der Waals surface area contributed by atoms with E-state index in [0.29, 0.717) is 32.6 Å². The second kappa shape index (κ2) is 9.14. The standard InChI is InChI=1S/C20H29N3O3/c24-18-14-21(13-17-7-3-1-4-8-17)11-12-23(15-18)20(26)16-22-10-6-2-5-9-19(22)25/h1,3-4,7-8,18,24H,2,5-6,9-16H2/t18-/m0/s1. The fourth-order valence-corrected chi connectivity index (χ4v) is 3.74. The zero-order chi connectivity index (χ0) is 18.4. The second-order valence-electron chi connectivity index (χ2n) is 7.34. The molecule has 3 rings (SSSR count). The quantitative estimate of drug-likeness (QED) is 0.874. The van der Waals surface area contributed by atoms with Crippen molar-refractivity contribution in [2.45, 2.75) is 38.3 Å². The van der Waals surface area contributed by atoms with E-state index in [4.69, 9.17) is 0 Å². The number of β-amino-alcohol motifs (C(OH)–C–C–N with tert-alkyl or cyclic N) is 1. The molecule has 2 fully saturated rings. The van der Waals surface area contributed by atoms with Crippen LogP contribution < -0.4 is 0 Å². The highest BCUT2D eigenvalue weighted by Crippen LogP contribution is 2.13. The van der Waals surface area contributed by atoms with Crippen molar-refractivity contribution in [1.82, 2.24) is 14.7 Å². The summed E-state index contributed by atoms with van der Waals surface area (Å²) in [6, 6.07) is 10.2. The number of aliphatic hydroxyl groups is 1. The molecule has 1 aromatic carbocycles. The summed E-state index contributed by atoms with van der Waals surface area (Å²) in [6.45, 7) is 3.79. The number of amides is 2. The van der Waals surface area contributed by atoms with Gasteiger partial charge < -0.3 is 14.9 Å². The van der Waals surface area contributed by atoms with Gasteiger partial charge >= 0.3 is 0 Å². The zero-order valence-corrected chi connectivity index (χ0v) is 15.3. The molecule has 2 saturated heterocycles. The summed E-state index contributed by atoms with van der Waals surface area (Å²) in [4.78, 5) is 30.4. The number of nitrogens with zero attached hydrogens (tertiary/aromatic N) is 3. The summed E-state index contributed by atoms with van der Waals surface area (Å²) in [5.41, 5.74) is 1.20. The molecule has 1 atom stereocenters. The Morgan fingerprint density at radius 3 is 2.65 bits per heavy atom. The molecule has 0 unspecified atom stereocenters. The number of hydrogen-bond acceptors (Lipinski definition) is 4. The molecule has 0 radical (unpaired) electrons. The van der Waals surface area contributed by atoms with Crippen LogP contribution in [0.1, 0.15) is 31.2 Å². The van der Waals surface area contributed by atoms with Crippen molar-refractivity contribution in [3.63, 3.8) is 0 Å². The molecule has 0 spiro atoms. The van der Waals surface area contributed by atoms with Crippen LogP contribution in [0.3, 0.4) is 0 Å². The van der Waals surface area contributed by atoms with Crippen molar-refractivity contribution >= 4 is 11.8 Å². The highest BCUT2D eigenvalue weighted by molar-refractivity contribution is 5.85. The molecule has 142 valence electrons. The van der Waals surface area contributed by atoms with Crippen LogP contribution >= 0.6 is 0 Å². The number of rotatable bonds is 4. The lowest BCUT2D eigenvalue weighted by Gasteiger charge is -2.26. The van der Waals surface area contributed by atoms with Crippen molar-refractivity contribution in [1.29, 1.82) is 0 Å². The summed E-state index contributed by atoms with van der Waals surface area (Å²) in [5, 5.41) is 10.3. The number of hydrogen-bond donors (Lipinski definition) is 1. The summed E-state index contributed by atoms with van der Waals surface area (Å²) < 4.78 is 0. The number of likely N-dealkylation sites (tertiary alicyclic amines) is 1. The van der Waals surface area contributed by atoms with Crippen LogP contribution in [-0.4, -0.2) is 77.0 Å². The minimum absolute atomic E-state index is 0.0548. The average Bonchev–Trinajstić information content (AvgIpc) is 2.94. The van der Waals surface area contributed by atoms with Gasteiger partial charge in [0.1, 0.15) is 0 Å². The van der Waals surface area contributed by atoms with E-state index in [-0.39, 0.29) is 18.4 Å². The van der Waals surface area contributed by atoms with Gasteiger partial charge in [0.05, 0.1) is 12.6 Å². The average molecular weight is 359 g/mol. The molecule has 1 N–H and O–H groups in total. The van der Waals surface area contributed by atoms with Gasteiger partial charge in [-0.2, -0.15) is 0 Å². The molecular weight excluding hydrogens is 330 g/mol. The monoisotopic (exact) mass is 359 g/mol. The van der Waals surface area contributed by atoms with Gasteiger partial charge in [-0.05, 0) is 18.4 Å². The molecular formula is C20H29N3O3. The van der Waals surface area contributed by atoms with E-state index >= 15 is 0 Å². The molecule has 2 amide bonds. The maximum atomic E-state index is 12.7. The van der Waals surface area contributed by atoms with Gasteiger partial charge in [0, 0.05) is 45.7 Å². The number of aliphatic hydroxyl groups excluding tert-OH is 1. The third-order valence-corrected chi connectivity index (χ3v) is 5.19. The first-order chi connectivity index (χ1) is 12.6. The smallest absolute Gasteiger partial charge is 0.242 e. The molecule has 0 aromatic heterocycles. The maximum absolute atomic E-state index is 12.7. The fraction of sp³-hybridized carbons (Fsp3) is 0.600. The SMILES string of the molecule is O=C1CCCCCN1CC(=O)N1CCN(Cc2ccccc2)C[C@H](O)C1. The van der Waals surface area contributed by atoms with E-state index in [2.05, 4.69) is 17.0 Å². The van der Waals surface area contributed by atoms with Crippen LogP contribution in [0.4, 0.5) is 0 Å². The first kappa shape index (κ1) is 18.9. The molecule has 0 aliphatic carbocycles. The lowest BCUT2D eigenvalue weighted by atomic mass is 10.2. The predicted molar refractivity (Wildman–Crippen MR) is 99.4 cm³/mol. The van der Waals surface area contributed by atoms with E-state index in [0.717, 1.165) is 32.4 Å². The summed E-state index contributed by atoms with van der Waals surface area (Å²) in [5.74, 6) is 0.0257. The second-order valence-corrected chi connectivity index (χ2v) is 7.34. The van der Waals surface area contributed by atoms with Crippen LogP contribution in [0.5, 0.6) is 0 Å². The van der Waals surface area contributed by atoms with Crippen molar-refractivity contribution in [2.24, 2.45) is 0 Å². The molecule has 2 heterocycles. The van der Waals surface area contributed by atoms with Gasteiger partial charge in [-0.1, -0.05) is 36.8 Å². The maximum Gasteiger partial charge on any atom is 0.242 e. The van der Waals surface area contributed by atoms with Gasteiger partial charge in [0.25, 0.3) is 0 Å². The first-order valence-corrected chi connectivity index (χ1v) is 9.62. The van der Waals surface area contributed by atoms with Crippen LogP contribution in [-0.2, 0) is 16.1 Å². The lowest BCUT2D eigenvalue weighted by molar-refractivity contribution is -0.140. The summed E-state index contributed by atoms with van der Waals surface area (Å²) in [6.07, 6.45) is 2.91. The predicted octanol–water partition coefficient (Wildman–Crippen LogP) is 1.09. The van der Waals surface area contributed by atoms with Crippen LogP contribution in [0.2, 0.25) is 0 Å². The minimum Gasteiger partial charge on any atom is -0.390 e. The van der Waals surface area contributed by atoms with Gasteiger partial charge in [0.2, 0.25) is 11.8 Å². The third-order valence-electron chi connectivity index (χ3n) is 5.19. The molecule has 2 aliphatic rings. The van der Waals surface area contributed by atoms with E-state index in [1.165, 1.54) is 5.56 Å². The lowest BCUT2D eigenvalue weighted by Crippen LogP contribution is -2.45. The Balaban J connectivity index is 1.55. The highest BCUT2D eigenvalue weighted by Gasteiger charge is 2.27. The van der Waals surface area contributed by atoms with Crippen molar-refractivity contribution < 1.29 is 14.7 Å². The normalized spacial score (nSPS) is 22.8. The van der Waals surface area contributed by atoms with E-state index in [1.54, 1.807) is 9.80 Å².